The Morgan fingerprint density at radius 2 is 1.88 bits per heavy atom. The van der Waals surface area contributed by atoms with Crippen LogP contribution in [0.25, 0.3) is 11.0 Å². The molecule has 32 heavy (non-hydrogen) atoms. The molecule has 4 aromatic rings. The second-order valence-corrected chi connectivity index (χ2v) is 7.36. The van der Waals surface area contributed by atoms with Gasteiger partial charge in [-0.2, -0.15) is 0 Å². The monoisotopic (exact) mass is 436 g/mol. The van der Waals surface area contributed by atoms with Crippen molar-refractivity contribution in [2.24, 2.45) is 0 Å². The Morgan fingerprint density at radius 1 is 1.12 bits per heavy atom. The Morgan fingerprint density at radius 3 is 2.56 bits per heavy atom. The van der Waals surface area contributed by atoms with Gasteiger partial charge in [0.25, 0.3) is 11.6 Å². The van der Waals surface area contributed by atoms with E-state index in [4.69, 9.17) is 0 Å². The number of nitro groups is 1. The zero-order valence-electron chi connectivity index (χ0n) is 17.0. The van der Waals surface area contributed by atoms with Gasteiger partial charge in [-0.05, 0) is 36.8 Å². The summed E-state index contributed by atoms with van der Waals surface area (Å²) in [5.41, 5.74) is 2.69. The third-order valence-electron chi connectivity index (χ3n) is 5.19. The maximum atomic E-state index is 14.0. The number of nitro benzene ring substituents is 1. The minimum atomic E-state index is -0.639. The van der Waals surface area contributed by atoms with Crippen LogP contribution in [0.15, 0.2) is 67.0 Å². The van der Waals surface area contributed by atoms with Gasteiger partial charge in [0.1, 0.15) is 11.6 Å². The first kappa shape index (κ1) is 21.1. The lowest BCUT2D eigenvalue weighted by Gasteiger charge is -2.14. The van der Waals surface area contributed by atoms with Gasteiger partial charge in [-0.3, -0.25) is 14.9 Å². The van der Waals surface area contributed by atoms with Crippen molar-refractivity contribution in [2.45, 2.75) is 19.5 Å². The molecule has 162 valence electrons. The molecule has 0 saturated heterocycles. The molecule has 0 aliphatic carbocycles. The van der Waals surface area contributed by atoms with E-state index in [2.05, 4.69) is 10.3 Å². The highest BCUT2D eigenvalue weighted by atomic mass is 19.1. The summed E-state index contributed by atoms with van der Waals surface area (Å²) in [6.45, 7) is 1.95. The lowest BCUT2D eigenvalue weighted by molar-refractivity contribution is -0.384. The molecule has 1 atom stereocenters. The zero-order valence-corrected chi connectivity index (χ0v) is 17.0. The van der Waals surface area contributed by atoms with E-state index in [1.807, 2.05) is 0 Å². The number of fused-ring (bicyclic) bond motifs is 1. The van der Waals surface area contributed by atoms with Gasteiger partial charge in [0.2, 0.25) is 0 Å². The highest BCUT2D eigenvalue weighted by Crippen LogP contribution is 2.21. The normalized spacial score (nSPS) is 12.0. The summed E-state index contributed by atoms with van der Waals surface area (Å²) in [6.07, 6.45) is 1.54. The number of halogens is 2. The van der Waals surface area contributed by atoms with E-state index in [9.17, 15) is 23.7 Å². The van der Waals surface area contributed by atoms with E-state index in [0.717, 1.165) is 11.6 Å². The average molecular weight is 436 g/mol. The summed E-state index contributed by atoms with van der Waals surface area (Å²) in [5, 5.41) is 13.6. The second-order valence-electron chi connectivity index (χ2n) is 7.36. The molecule has 1 N–H and O–H groups in total. The lowest BCUT2D eigenvalue weighted by Crippen LogP contribution is -2.26. The minimum Gasteiger partial charge on any atom is -0.346 e. The van der Waals surface area contributed by atoms with Crippen molar-refractivity contribution >= 4 is 22.6 Å². The molecule has 4 rings (SSSR count). The Labute approximate surface area is 181 Å². The van der Waals surface area contributed by atoms with Crippen molar-refractivity contribution in [1.29, 1.82) is 0 Å². The number of non-ortho nitro benzene ring substituents is 1. The molecule has 1 heterocycles. The van der Waals surface area contributed by atoms with Crippen molar-refractivity contribution in [3.8, 4) is 0 Å². The van der Waals surface area contributed by atoms with Crippen molar-refractivity contribution < 1.29 is 18.5 Å². The molecule has 9 heteroatoms. The molecular formula is C23H18F2N4O3. The summed E-state index contributed by atoms with van der Waals surface area (Å²) in [4.78, 5) is 27.3. The number of carbonyl (C=O) groups is 1. The highest BCUT2D eigenvalue weighted by Gasteiger charge is 2.15. The summed E-state index contributed by atoms with van der Waals surface area (Å²) < 4.78 is 28.8. The van der Waals surface area contributed by atoms with Crippen molar-refractivity contribution in [3.05, 3.63) is 105 Å². The van der Waals surface area contributed by atoms with Gasteiger partial charge in [0.15, 0.2) is 0 Å². The lowest BCUT2D eigenvalue weighted by atomic mass is 10.1. The molecule has 0 fully saturated rings. The first-order valence-corrected chi connectivity index (χ1v) is 9.76. The van der Waals surface area contributed by atoms with E-state index >= 15 is 0 Å². The highest BCUT2D eigenvalue weighted by molar-refractivity contribution is 5.97. The van der Waals surface area contributed by atoms with E-state index < -0.39 is 16.6 Å². The first-order chi connectivity index (χ1) is 15.3. The summed E-state index contributed by atoms with van der Waals surface area (Å²) in [7, 11) is 0. The Bertz CT molecular complexity index is 1320. The quantitative estimate of drug-likeness (QED) is 0.349. The number of imidazole rings is 1. The third-order valence-corrected chi connectivity index (χ3v) is 5.19. The number of aromatic nitrogens is 2. The van der Waals surface area contributed by atoms with Crippen LogP contribution in [0.1, 0.15) is 34.5 Å². The van der Waals surface area contributed by atoms with Crippen LogP contribution in [0.4, 0.5) is 14.5 Å². The smallest absolute Gasteiger partial charge is 0.269 e. The first-order valence-electron chi connectivity index (χ1n) is 9.76. The average Bonchev–Trinajstić information content (AvgIpc) is 3.17. The van der Waals surface area contributed by atoms with Gasteiger partial charge in [0.05, 0.1) is 34.9 Å². The molecule has 0 bridgehead atoms. The van der Waals surface area contributed by atoms with Gasteiger partial charge in [0, 0.05) is 29.3 Å². The van der Waals surface area contributed by atoms with Crippen LogP contribution < -0.4 is 5.32 Å². The number of hydrogen-bond acceptors (Lipinski definition) is 4. The minimum absolute atomic E-state index is 0.0196. The molecule has 0 radical (unpaired) electrons. The fourth-order valence-electron chi connectivity index (χ4n) is 3.41. The summed E-state index contributed by atoms with van der Waals surface area (Å²) in [5.74, 6) is -1.60. The van der Waals surface area contributed by atoms with Crippen molar-refractivity contribution in [2.75, 3.05) is 0 Å². The van der Waals surface area contributed by atoms with Crippen LogP contribution in [0.5, 0.6) is 0 Å². The van der Waals surface area contributed by atoms with Crippen LogP contribution in [0.3, 0.4) is 0 Å². The van der Waals surface area contributed by atoms with Crippen molar-refractivity contribution in [1.82, 2.24) is 14.9 Å². The molecule has 0 saturated carbocycles. The molecule has 1 aromatic heterocycles. The number of hydrogen-bond donors (Lipinski definition) is 1. The predicted molar refractivity (Wildman–Crippen MR) is 114 cm³/mol. The van der Waals surface area contributed by atoms with Crippen LogP contribution in [0.2, 0.25) is 0 Å². The Kier molecular flexibility index (Phi) is 5.63. The van der Waals surface area contributed by atoms with E-state index in [0.29, 0.717) is 22.2 Å². The second kappa shape index (κ2) is 8.54. The molecule has 0 aliphatic rings. The Hall–Kier alpha value is -4.14. The molecule has 0 unspecified atom stereocenters. The maximum Gasteiger partial charge on any atom is 0.269 e. The van der Waals surface area contributed by atoms with Gasteiger partial charge in [-0.1, -0.05) is 18.2 Å². The molecule has 1 amide bonds. The summed E-state index contributed by atoms with van der Waals surface area (Å²) in [6, 6.07) is 14.0. The molecular weight excluding hydrogens is 418 g/mol. The summed E-state index contributed by atoms with van der Waals surface area (Å²) >= 11 is 0. The van der Waals surface area contributed by atoms with E-state index in [1.54, 1.807) is 41.8 Å². The standard InChI is InChI=1S/C23H18F2N4O3/c1-14(15-3-7-19(8-4-15)29(31)32)27-23(30)16-5-9-22-21(10-16)26-13-28(22)12-17-2-6-18(24)11-20(17)25/h2-11,13-14H,12H2,1H3,(H,27,30)/t14-/m0/s1. The molecule has 0 spiro atoms. The van der Waals surface area contributed by atoms with Crippen molar-refractivity contribution in [3.63, 3.8) is 0 Å². The number of benzene rings is 3. The Balaban J connectivity index is 1.50. The van der Waals surface area contributed by atoms with Gasteiger partial charge in [-0.15, -0.1) is 0 Å². The number of nitrogens with zero attached hydrogens (tertiary/aromatic N) is 3. The van der Waals surface area contributed by atoms with E-state index in [1.165, 1.54) is 30.6 Å². The van der Waals surface area contributed by atoms with Gasteiger partial charge < -0.3 is 9.88 Å². The molecule has 7 nitrogen and oxygen atoms in total. The van der Waals surface area contributed by atoms with Gasteiger partial charge >= 0.3 is 0 Å². The van der Waals surface area contributed by atoms with Crippen LogP contribution in [-0.2, 0) is 6.54 Å². The maximum absolute atomic E-state index is 14.0. The topological polar surface area (TPSA) is 90.1 Å². The number of nitrogens with one attached hydrogen (secondary N) is 1. The largest absolute Gasteiger partial charge is 0.346 e. The predicted octanol–water partition coefficient (Wildman–Crippen LogP) is 4.76. The molecule has 0 aliphatic heterocycles. The molecule has 3 aromatic carbocycles. The third kappa shape index (κ3) is 4.31. The fourth-order valence-corrected chi connectivity index (χ4v) is 3.41. The van der Waals surface area contributed by atoms with Crippen LogP contribution in [0, 0.1) is 21.7 Å². The van der Waals surface area contributed by atoms with Crippen LogP contribution >= 0.6 is 0 Å². The number of rotatable bonds is 6. The fraction of sp³-hybridized carbons (Fsp3) is 0.130. The van der Waals surface area contributed by atoms with Gasteiger partial charge in [-0.25, -0.2) is 13.8 Å². The van der Waals surface area contributed by atoms with E-state index in [-0.39, 0.29) is 24.2 Å². The SMILES string of the molecule is C[C@H](NC(=O)c1ccc2c(c1)ncn2Cc1ccc(F)cc1F)c1ccc([N+](=O)[O-])cc1. The number of amides is 1. The van der Waals surface area contributed by atoms with Crippen LogP contribution in [-0.4, -0.2) is 20.4 Å². The zero-order chi connectivity index (χ0) is 22.8. The number of carbonyl (C=O) groups excluding carboxylic acids is 1.